The van der Waals surface area contributed by atoms with Crippen LogP contribution in [0.1, 0.15) is 27.0 Å². The van der Waals surface area contributed by atoms with E-state index < -0.39 is 25.9 Å². The Kier molecular flexibility index (Phi) is 6.80. The third-order valence-electron chi connectivity index (χ3n) is 5.27. The van der Waals surface area contributed by atoms with Gasteiger partial charge in [0.15, 0.2) is 23.5 Å². The fraction of sp³-hybridized carbons (Fsp3) is 0.722. The molecular weight excluding hydrogens is 443 g/mol. The van der Waals surface area contributed by atoms with Crippen LogP contribution in [0.5, 0.6) is 0 Å². The van der Waals surface area contributed by atoms with Gasteiger partial charge < -0.3 is 29.6 Å². The van der Waals surface area contributed by atoms with E-state index in [1.54, 1.807) is 10.9 Å². The van der Waals surface area contributed by atoms with E-state index in [-0.39, 0.29) is 25.1 Å². The summed E-state index contributed by atoms with van der Waals surface area (Å²) in [6.45, 7) is 6.88. The van der Waals surface area contributed by atoms with Gasteiger partial charge in [-0.05, 0) is 20.8 Å². The number of fused-ring (bicyclic) bond motifs is 1. The number of hydrogen-bond donors (Lipinski definition) is 2. The second kappa shape index (κ2) is 9.27. The summed E-state index contributed by atoms with van der Waals surface area (Å²) in [5.41, 5.74) is 6.83. The molecule has 4 unspecified atom stereocenters. The Bertz CT molecular complexity index is 982. The summed E-state index contributed by atoms with van der Waals surface area (Å²) in [7, 11) is -3.93. The van der Waals surface area contributed by atoms with Crippen molar-refractivity contribution in [2.45, 2.75) is 45.0 Å². The summed E-state index contributed by atoms with van der Waals surface area (Å²) in [5, 5.41) is 0. The predicted molar refractivity (Wildman–Crippen MR) is 112 cm³/mol. The molecule has 32 heavy (non-hydrogen) atoms. The molecule has 0 aromatic carbocycles. The molecule has 4 atom stereocenters. The number of morpholine rings is 1. The lowest BCUT2D eigenvalue weighted by atomic mass is 10.2. The number of imidazole rings is 1. The lowest BCUT2D eigenvalue weighted by Gasteiger charge is -2.30. The maximum atomic E-state index is 12.5. The lowest BCUT2D eigenvalue weighted by Crippen LogP contribution is -2.35. The zero-order valence-electron chi connectivity index (χ0n) is 18.3. The monoisotopic (exact) mass is 472 g/mol. The molecule has 2 aromatic rings. The van der Waals surface area contributed by atoms with Crippen molar-refractivity contribution in [3.8, 4) is 0 Å². The van der Waals surface area contributed by atoms with E-state index in [1.165, 1.54) is 11.0 Å². The van der Waals surface area contributed by atoms with Crippen LogP contribution in [0.25, 0.3) is 11.2 Å². The summed E-state index contributed by atoms with van der Waals surface area (Å²) in [4.78, 5) is 22.8. The average molecular weight is 472 g/mol. The quantitative estimate of drug-likeness (QED) is 0.414. The Morgan fingerprint density at radius 3 is 2.72 bits per heavy atom. The number of nitrogens with zero attached hydrogens (tertiary/aromatic N) is 5. The SMILES string of the molecule is CC1OC(C)(C)OC1C(OCCOP(=O)(O)N1CCOCC1)n1cnc2c(N)ncnc21. The molecule has 0 spiro atoms. The van der Waals surface area contributed by atoms with Gasteiger partial charge in [-0.15, -0.1) is 0 Å². The molecular formula is C18H29N6O7P. The van der Waals surface area contributed by atoms with Gasteiger partial charge in [-0.1, -0.05) is 0 Å². The van der Waals surface area contributed by atoms with Crippen molar-refractivity contribution in [2.75, 3.05) is 45.3 Å². The first-order valence-corrected chi connectivity index (χ1v) is 11.9. The maximum absolute atomic E-state index is 12.5. The second-order valence-electron chi connectivity index (χ2n) is 8.04. The first kappa shape index (κ1) is 23.5. The normalized spacial score (nSPS) is 26.9. The van der Waals surface area contributed by atoms with E-state index in [4.69, 9.17) is 29.2 Å². The molecule has 4 heterocycles. The van der Waals surface area contributed by atoms with Crippen molar-refractivity contribution in [3.63, 3.8) is 0 Å². The number of nitrogen functional groups attached to an aromatic ring is 1. The molecule has 2 saturated heterocycles. The van der Waals surface area contributed by atoms with Gasteiger partial charge in [0.1, 0.15) is 17.9 Å². The first-order chi connectivity index (χ1) is 15.2. The Labute approximate surface area is 185 Å². The molecule has 2 aromatic heterocycles. The third-order valence-corrected chi connectivity index (χ3v) is 6.90. The average Bonchev–Trinajstić information content (AvgIpc) is 3.29. The van der Waals surface area contributed by atoms with Gasteiger partial charge in [0.05, 0.1) is 38.9 Å². The van der Waals surface area contributed by atoms with Gasteiger partial charge in [0.2, 0.25) is 0 Å². The summed E-state index contributed by atoms with van der Waals surface area (Å²) in [5.74, 6) is -0.552. The van der Waals surface area contributed by atoms with Crippen LogP contribution in [0.3, 0.4) is 0 Å². The van der Waals surface area contributed by atoms with Gasteiger partial charge in [0.25, 0.3) is 0 Å². The van der Waals surface area contributed by atoms with Crippen molar-refractivity contribution >= 4 is 24.7 Å². The van der Waals surface area contributed by atoms with Crippen LogP contribution in [0.15, 0.2) is 12.7 Å². The van der Waals surface area contributed by atoms with E-state index in [0.29, 0.717) is 37.5 Å². The molecule has 2 aliphatic heterocycles. The molecule has 2 aliphatic rings. The van der Waals surface area contributed by atoms with Crippen LogP contribution in [0.2, 0.25) is 0 Å². The van der Waals surface area contributed by atoms with Crippen molar-refractivity contribution in [1.82, 2.24) is 24.2 Å². The Morgan fingerprint density at radius 2 is 2.03 bits per heavy atom. The van der Waals surface area contributed by atoms with Crippen LogP contribution < -0.4 is 5.73 Å². The number of anilines is 1. The minimum atomic E-state index is -3.93. The highest BCUT2D eigenvalue weighted by atomic mass is 31.2. The van der Waals surface area contributed by atoms with Crippen molar-refractivity contribution < 1.29 is 32.9 Å². The fourth-order valence-electron chi connectivity index (χ4n) is 3.86. The molecule has 0 radical (unpaired) electrons. The van der Waals surface area contributed by atoms with Gasteiger partial charge in [-0.25, -0.2) is 24.2 Å². The van der Waals surface area contributed by atoms with Gasteiger partial charge in [0, 0.05) is 13.1 Å². The lowest BCUT2D eigenvalue weighted by molar-refractivity contribution is -0.169. The van der Waals surface area contributed by atoms with Crippen LogP contribution in [0, 0.1) is 0 Å². The largest absolute Gasteiger partial charge is 0.405 e. The number of ether oxygens (including phenoxy) is 4. The Balaban J connectivity index is 1.49. The van der Waals surface area contributed by atoms with E-state index in [1.807, 2.05) is 20.8 Å². The van der Waals surface area contributed by atoms with Crippen LogP contribution >= 0.6 is 7.75 Å². The maximum Gasteiger partial charge on any atom is 0.405 e. The van der Waals surface area contributed by atoms with Gasteiger partial charge in [-0.2, -0.15) is 0 Å². The molecule has 13 nitrogen and oxygen atoms in total. The highest BCUT2D eigenvalue weighted by Crippen LogP contribution is 2.46. The number of rotatable bonds is 8. The molecule has 3 N–H and O–H groups in total. The van der Waals surface area contributed by atoms with Gasteiger partial charge >= 0.3 is 7.75 Å². The van der Waals surface area contributed by atoms with Crippen molar-refractivity contribution in [3.05, 3.63) is 12.7 Å². The Hall–Kier alpha value is -1.70. The van der Waals surface area contributed by atoms with Gasteiger partial charge in [-0.3, -0.25) is 9.09 Å². The molecule has 0 bridgehead atoms. The molecule has 4 rings (SSSR count). The second-order valence-corrected chi connectivity index (χ2v) is 9.84. The highest BCUT2D eigenvalue weighted by molar-refractivity contribution is 7.50. The minimum absolute atomic E-state index is 0.0206. The molecule has 14 heteroatoms. The molecule has 0 saturated carbocycles. The highest BCUT2D eigenvalue weighted by Gasteiger charge is 2.44. The number of aromatic nitrogens is 4. The number of hydrogen-bond acceptors (Lipinski definition) is 10. The minimum Gasteiger partial charge on any atom is -0.382 e. The van der Waals surface area contributed by atoms with E-state index in [2.05, 4.69) is 15.0 Å². The first-order valence-electron chi connectivity index (χ1n) is 10.4. The number of nitrogens with two attached hydrogens (primary N) is 1. The zero-order chi connectivity index (χ0) is 22.9. The summed E-state index contributed by atoms with van der Waals surface area (Å²) in [6.07, 6.45) is 1.40. The van der Waals surface area contributed by atoms with Crippen LogP contribution in [-0.2, 0) is 28.0 Å². The standard InChI is InChI=1S/C18H29N6O7P/c1-12-14(31-18(2,3)30-12)17(24-11-22-13-15(19)20-10-21-16(13)24)28-8-9-29-32(25,26)23-4-6-27-7-5-23/h10-12,14,17H,4-9H2,1-3H3,(H,25,26)(H2,19,20,21). The fourth-order valence-corrected chi connectivity index (χ4v) is 5.00. The predicted octanol–water partition coefficient (Wildman–Crippen LogP) is 0.913. The topological polar surface area (TPSA) is 156 Å². The zero-order valence-corrected chi connectivity index (χ0v) is 19.2. The molecule has 178 valence electrons. The molecule has 0 amide bonds. The molecule has 0 aliphatic carbocycles. The van der Waals surface area contributed by atoms with Crippen LogP contribution in [0.4, 0.5) is 5.82 Å². The summed E-state index contributed by atoms with van der Waals surface area (Å²) < 4.78 is 44.1. The summed E-state index contributed by atoms with van der Waals surface area (Å²) >= 11 is 0. The Morgan fingerprint density at radius 1 is 1.28 bits per heavy atom. The van der Waals surface area contributed by atoms with Crippen LogP contribution in [-0.4, -0.2) is 86.6 Å². The smallest absolute Gasteiger partial charge is 0.382 e. The molecule has 2 fully saturated rings. The van der Waals surface area contributed by atoms with E-state index >= 15 is 0 Å². The van der Waals surface area contributed by atoms with E-state index in [9.17, 15) is 9.46 Å². The van der Waals surface area contributed by atoms with E-state index in [0.717, 1.165) is 0 Å². The third kappa shape index (κ3) is 4.95. The van der Waals surface area contributed by atoms with Crippen molar-refractivity contribution in [2.24, 2.45) is 0 Å². The summed E-state index contributed by atoms with van der Waals surface area (Å²) in [6, 6.07) is 0. The van der Waals surface area contributed by atoms with Crippen molar-refractivity contribution in [1.29, 1.82) is 0 Å².